The summed E-state index contributed by atoms with van der Waals surface area (Å²) in [5.41, 5.74) is 5.15. The first kappa shape index (κ1) is 15.1. The lowest BCUT2D eigenvalue weighted by atomic mass is 10.1. The van der Waals surface area contributed by atoms with E-state index >= 15 is 0 Å². The lowest BCUT2D eigenvalue weighted by Gasteiger charge is -2.13. The first-order valence-corrected chi connectivity index (χ1v) is 7.04. The third kappa shape index (κ3) is 3.63. The fourth-order valence-electron chi connectivity index (χ4n) is 2.24. The molecule has 2 aromatic carbocycles. The molecular formula is C18H21NO2. The van der Waals surface area contributed by atoms with E-state index in [4.69, 9.17) is 4.74 Å². The van der Waals surface area contributed by atoms with Crippen molar-refractivity contribution in [1.29, 1.82) is 0 Å². The van der Waals surface area contributed by atoms with E-state index in [-0.39, 0.29) is 12.5 Å². The number of hydrogen-bond acceptors (Lipinski definition) is 2. The Morgan fingerprint density at radius 1 is 0.952 bits per heavy atom. The number of ether oxygens (including phenoxy) is 1. The first-order valence-electron chi connectivity index (χ1n) is 7.04. The van der Waals surface area contributed by atoms with Crippen LogP contribution in [-0.2, 0) is 4.79 Å². The number of anilines is 1. The number of hydrogen-bond donors (Lipinski definition) is 1. The molecule has 3 nitrogen and oxygen atoms in total. The smallest absolute Gasteiger partial charge is 0.262 e. The molecule has 0 spiro atoms. The van der Waals surface area contributed by atoms with Crippen molar-refractivity contribution in [2.24, 2.45) is 0 Å². The Balaban J connectivity index is 2.01. The molecule has 21 heavy (non-hydrogen) atoms. The van der Waals surface area contributed by atoms with Gasteiger partial charge in [0.05, 0.1) is 0 Å². The molecule has 0 aliphatic rings. The van der Waals surface area contributed by atoms with Gasteiger partial charge in [-0.3, -0.25) is 4.79 Å². The number of para-hydroxylation sites is 1. The fourth-order valence-corrected chi connectivity index (χ4v) is 2.24. The van der Waals surface area contributed by atoms with Crippen molar-refractivity contribution in [2.75, 3.05) is 11.9 Å². The van der Waals surface area contributed by atoms with Crippen LogP contribution in [0.3, 0.4) is 0 Å². The number of amides is 1. The van der Waals surface area contributed by atoms with E-state index in [9.17, 15) is 4.79 Å². The highest BCUT2D eigenvalue weighted by molar-refractivity contribution is 5.92. The van der Waals surface area contributed by atoms with Crippen LogP contribution in [-0.4, -0.2) is 12.5 Å². The van der Waals surface area contributed by atoms with E-state index < -0.39 is 0 Å². The second kappa shape index (κ2) is 6.44. The highest BCUT2D eigenvalue weighted by Crippen LogP contribution is 2.22. The third-order valence-electron chi connectivity index (χ3n) is 3.64. The predicted octanol–water partition coefficient (Wildman–Crippen LogP) is 3.94. The van der Waals surface area contributed by atoms with Crippen molar-refractivity contribution in [3.05, 3.63) is 58.7 Å². The molecule has 3 heteroatoms. The van der Waals surface area contributed by atoms with Crippen molar-refractivity contribution in [3.63, 3.8) is 0 Å². The van der Waals surface area contributed by atoms with Gasteiger partial charge in [-0.05, 0) is 56.0 Å². The molecule has 0 fully saturated rings. The van der Waals surface area contributed by atoms with Gasteiger partial charge in [0.25, 0.3) is 5.91 Å². The first-order chi connectivity index (χ1) is 9.99. The van der Waals surface area contributed by atoms with E-state index in [1.807, 2.05) is 64.1 Å². The van der Waals surface area contributed by atoms with E-state index in [0.29, 0.717) is 0 Å². The number of carbonyl (C=O) groups is 1. The monoisotopic (exact) mass is 283 g/mol. The SMILES string of the molecule is Cc1cccc(NC(=O)COc2c(C)cccc2C)c1C. The molecule has 2 rings (SSSR count). The van der Waals surface area contributed by atoms with Crippen molar-refractivity contribution >= 4 is 11.6 Å². The fraction of sp³-hybridized carbons (Fsp3) is 0.278. The maximum atomic E-state index is 12.0. The summed E-state index contributed by atoms with van der Waals surface area (Å²) in [7, 11) is 0. The Morgan fingerprint density at radius 3 is 2.19 bits per heavy atom. The van der Waals surface area contributed by atoms with Gasteiger partial charge in [-0.15, -0.1) is 0 Å². The number of carbonyl (C=O) groups excluding carboxylic acids is 1. The zero-order chi connectivity index (χ0) is 15.4. The van der Waals surface area contributed by atoms with Crippen LogP contribution < -0.4 is 10.1 Å². The standard InChI is InChI=1S/C18H21NO2/c1-12-7-6-10-16(15(12)4)19-17(20)11-21-18-13(2)8-5-9-14(18)3/h5-10H,11H2,1-4H3,(H,19,20). The molecule has 0 bridgehead atoms. The highest BCUT2D eigenvalue weighted by atomic mass is 16.5. The minimum Gasteiger partial charge on any atom is -0.483 e. The summed E-state index contributed by atoms with van der Waals surface area (Å²) in [6, 6.07) is 11.8. The summed E-state index contributed by atoms with van der Waals surface area (Å²) in [6.07, 6.45) is 0. The van der Waals surface area contributed by atoms with E-state index in [1.54, 1.807) is 0 Å². The summed E-state index contributed by atoms with van der Waals surface area (Å²) < 4.78 is 5.66. The van der Waals surface area contributed by atoms with Gasteiger partial charge in [-0.2, -0.15) is 0 Å². The molecule has 1 N–H and O–H groups in total. The Kier molecular flexibility index (Phi) is 4.63. The predicted molar refractivity (Wildman–Crippen MR) is 86.0 cm³/mol. The molecule has 0 atom stereocenters. The van der Waals surface area contributed by atoms with Gasteiger partial charge in [0.2, 0.25) is 0 Å². The summed E-state index contributed by atoms with van der Waals surface area (Å²) >= 11 is 0. The Bertz CT molecular complexity index is 642. The van der Waals surface area contributed by atoms with Crippen molar-refractivity contribution < 1.29 is 9.53 Å². The van der Waals surface area contributed by atoms with E-state index in [2.05, 4.69) is 5.32 Å². The van der Waals surface area contributed by atoms with Crippen LogP contribution in [0.5, 0.6) is 5.75 Å². The Labute approximate surface area is 126 Å². The van der Waals surface area contributed by atoms with Crippen molar-refractivity contribution in [3.8, 4) is 5.75 Å². The minimum absolute atomic E-state index is 0.0130. The van der Waals surface area contributed by atoms with Gasteiger partial charge in [0, 0.05) is 5.69 Å². The molecule has 0 aliphatic carbocycles. The molecule has 0 saturated carbocycles. The highest BCUT2D eigenvalue weighted by Gasteiger charge is 2.09. The largest absolute Gasteiger partial charge is 0.483 e. The average molecular weight is 283 g/mol. The van der Waals surface area contributed by atoms with Gasteiger partial charge in [-0.1, -0.05) is 30.3 Å². The zero-order valence-electron chi connectivity index (χ0n) is 13.0. The summed E-state index contributed by atoms with van der Waals surface area (Å²) in [5.74, 6) is 0.639. The summed E-state index contributed by atoms with van der Waals surface area (Å²) in [5, 5.41) is 2.90. The van der Waals surface area contributed by atoms with E-state index in [1.165, 1.54) is 0 Å². The lowest BCUT2D eigenvalue weighted by Crippen LogP contribution is -2.21. The Hall–Kier alpha value is -2.29. The second-order valence-electron chi connectivity index (χ2n) is 5.31. The molecule has 0 aliphatic heterocycles. The molecule has 0 radical (unpaired) electrons. The maximum absolute atomic E-state index is 12.0. The molecule has 0 unspecified atom stereocenters. The van der Waals surface area contributed by atoms with Gasteiger partial charge < -0.3 is 10.1 Å². The van der Waals surface area contributed by atoms with Crippen LogP contribution in [0.15, 0.2) is 36.4 Å². The van der Waals surface area contributed by atoms with Crippen LogP contribution in [0.2, 0.25) is 0 Å². The molecule has 0 aromatic heterocycles. The number of aryl methyl sites for hydroxylation is 3. The molecular weight excluding hydrogens is 262 g/mol. The van der Waals surface area contributed by atoms with Gasteiger partial charge in [0.1, 0.15) is 5.75 Å². The topological polar surface area (TPSA) is 38.3 Å². The van der Waals surface area contributed by atoms with E-state index in [0.717, 1.165) is 33.7 Å². The van der Waals surface area contributed by atoms with Crippen LogP contribution in [0.4, 0.5) is 5.69 Å². The molecule has 0 saturated heterocycles. The molecule has 1 amide bonds. The summed E-state index contributed by atoms with van der Waals surface area (Å²) in [6.45, 7) is 7.99. The third-order valence-corrected chi connectivity index (χ3v) is 3.64. The molecule has 0 heterocycles. The number of benzene rings is 2. The number of rotatable bonds is 4. The Morgan fingerprint density at radius 2 is 1.52 bits per heavy atom. The molecule has 2 aromatic rings. The van der Waals surface area contributed by atoms with Gasteiger partial charge in [0.15, 0.2) is 6.61 Å². The van der Waals surface area contributed by atoms with Gasteiger partial charge in [-0.25, -0.2) is 0 Å². The summed E-state index contributed by atoms with van der Waals surface area (Å²) in [4.78, 5) is 12.0. The van der Waals surface area contributed by atoms with Crippen LogP contribution in [0.25, 0.3) is 0 Å². The number of nitrogens with one attached hydrogen (secondary N) is 1. The van der Waals surface area contributed by atoms with Crippen LogP contribution >= 0.6 is 0 Å². The lowest BCUT2D eigenvalue weighted by molar-refractivity contribution is -0.118. The zero-order valence-corrected chi connectivity index (χ0v) is 13.0. The van der Waals surface area contributed by atoms with Crippen molar-refractivity contribution in [2.45, 2.75) is 27.7 Å². The molecule has 110 valence electrons. The van der Waals surface area contributed by atoms with Crippen LogP contribution in [0.1, 0.15) is 22.3 Å². The average Bonchev–Trinajstić information content (AvgIpc) is 2.43. The minimum atomic E-state index is -0.147. The quantitative estimate of drug-likeness (QED) is 0.923. The van der Waals surface area contributed by atoms with Crippen molar-refractivity contribution in [1.82, 2.24) is 0 Å². The van der Waals surface area contributed by atoms with Gasteiger partial charge >= 0.3 is 0 Å². The maximum Gasteiger partial charge on any atom is 0.262 e. The normalized spacial score (nSPS) is 10.3. The second-order valence-corrected chi connectivity index (χ2v) is 5.31. The van der Waals surface area contributed by atoms with Crippen LogP contribution in [0, 0.1) is 27.7 Å².